The molecular formula is C21H36IN5O2. The summed E-state index contributed by atoms with van der Waals surface area (Å²) >= 11 is 0. The predicted octanol–water partition coefficient (Wildman–Crippen LogP) is 2.64. The Morgan fingerprint density at radius 3 is 2.76 bits per heavy atom. The molecule has 3 N–H and O–H groups in total. The first-order chi connectivity index (χ1) is 13.5. The second-order valence-electron chi connectivity index (χ2n) is 7.31. The second kappa shape index (κ2) is 13.8. The van der Waals surface area contributed by atoms with Gasteiger partial charge in [0.15, 0.2) is 5.96 Å². The molecule has 1 aromatic carbocycles. The second-order valence-corrected chi connectivity index (χ2v) is 7.31. The lowest BCUT2D eigenvalue weighted by Crippen LogP contribution is -2.41. The van der Waals surface area contributed by atoms with Crippen LogP contribution in [-0.4, -0.2) is 69.8 Å². The lowest BCUT2D eigenvalue weighted by atomic mass is 9.90. The fourth-order valence-corrected chi connectivity index (χ4v) is 3.30. The molecule has 0 saturated carbocycles. The number of aliphatic imine (C=N–C) groups is 1. The Labute approximate surface area is 192 Å². The highest BCUT2D eigenvalue weighted by Gasteiger charge is 2.24. The third kappa shape index (κ3) is 8.88. The number of hydrogen-bond donors (Lipinski definition) is 3. The average molecular weight is 517 g/mol. The van der Waals surface area contributed by atoms with Gasteiger partial charge in [-0.15, -0.1) is 24.0 Å². The topological polar surface area (TPSA) is 78.0 Å². The van der Waals surface area contributed by atoms with Crippen molar-refractivity contribution in [2.75, 3.05) is 52.2 Å². The van der Waals surface area contributed by atoms with Crippen LogP contribution in [0.1, 0.15) is 38.2 Å². The number of carbonyl (C=O) groups is 1. The Balaban J connectivity index is 0.00000420. The summed E-state index contributed by atoms with van der Waals surface area (Å²) in [5.74, 6) is 0.957. The molecule has 0 aromatic heterocycles. The van der Waals surface area contributed by atoms with E-state index in [1.165, 1.54) is 5.56 Å². The molecule has 2 unspecified atom stereocenters. The maximum absolute atomic E-state index is 12.0. The number of carbonyl (C=O) groups excluding carboxylic acids is 1. The Bertz CT molecular complexity index is 654. The Kier molecular flexibility index (Phi) is 12.2. The minimum Gasteiger partial charge on any atom is -0.377 e. The van der Waals surface area contributed by atoms with Gasteiger partial charge in [-0.25, -0.2) is 0 Å². The molecule has 0 bridgehead atoms. The standard InChI is InChI=1S/C21H35N5O2.HI/c1-5-22-21(24-15-17(28-6-2)11-12-26(3)4)23-14-16-13-20(27)25-19-10-8-7-9-18(16)19;/h7-10,16-17H,5-6,11-15H2,1-4H3,(H,25,27)(H2,22,23,24);1H. The first kappa shape index (κ1) is 25.6. The van der Waals surface area contributed by atoms with Gasteiger partial charge in [0.25, 0.3) is 0 Å². The predicted molar refractivity (Wildman–Crippen MR) is 130 cm³/mol. The minimum atomic E-state index is 0. The van der Waals surface area contributed by atoms with Crippen LogP contribution in [0.4, 0.5) is 5.69 Å². The van der Waals surface area contributed by atoms with Crippen LogP contribution in [0, 0.1) is 0 Å². The van der Waals surface area contributed by atoms with E-state index in [2.05, 4.69) is 41.0 Å². The van der Waals surface area contributed by atoms with Gasteiger partial charge in [-0.1, -0.05) is 18.2 Å². The lowest BCUT2D eigenvalue weighted by Gasteiger charge is -2.26. The number of hydrogen-bond acceptors (Lipinski definition) is 4. The minimum absolute atomic E-state index is 0. The summed E-state index contributed by atoms with van der Waals surface area (Å²) in [7, 11) is 4.13. The molecule has 1 aliphatic heterocycles. The van der Waals surface area contributed by atoms with Crippen molar-refractivity contribution < 1.29 is 9.53 Å². The van der Waals surface area contributed by atoms with E-state index in [0.717, 1.165) is 31.2 Å². The number of ether oxygens (including phenoxy) is 1. The van der Waals surface area contributed by atoms with Gasteiger partial charge in [0.1, 0.15) is 0 Å². The van der Waals surface area contributed by atoms with Gasteiger partial charge in [0.2, 0.25) is 5.91 Å². The Morgan fingerprint density at radius 1 is 1.31 bits per heavy atom. The smallest absolute Gasteiger partial charge is 0.225 e. The number of halogens is 1. The van der Waals surface area contributed by atoms with Gasteiger partial charge in [-0.05, 0) is 46.0 Å². The molecule has 29 heavy (non-hydrogen) atoms. The van der Waals surface area contributed by atoms with Crippen molar-refractivity contribution in [2.24, 2.45) is 4.99 Å². The van der Waals surface area contributed by atoms with Gasteiger partial charge < -0.3 is 25.6 Å². The molecule has 1 aromatic rings. The number of para-hydroxylation sites is 1. The molecule has 0 spiro atoms. The highest BCUT2D eigenvalue weighted by molar-refractivity contribution is 14.0. The van der Waals surface area contributed by atoms with Crippen LogP contribution >= 0.6 is 24.0 Å². The molecule has 0 radical (unpaired) electrons. The van der Waals surface area contributed by atoms with Crippen LogP contribution in [0.2, 0.25) is 0 Å². The van der Waals surface area contributed by atoms with Crippen molar-refractivity contribution >= 4 is 41.5 Å². The third-order valence-electron chi connectivity index (χ3n) is 4.72. The number of nitrogens with one attached hydrogen (secondary N) is 3. The molecule has 2 atom stereocenters. The fraction of sp³-hybridized carbons (Fsp3) is 0.619. The van der Waals surface area contributed by atoms with Gasteiger partial charge >= 0.3 is 0 Å². The maximum atomic E-state index is 12.0. The van der Waals surface area contributed by atoms with Crippen LogP contribution in [0.5, 0.6) is 0 Å². The van der Waals surface area contributed by atoms with Gasteiger partial charge in [-0.2, -0.15) is 0 Å². The number of fused-ring (bicyclic) bond motifs is 1. The van der Waals surface area contributed by atoms with E-state index in [9.17, 15) is 4.79 Å². The summed E-state index contributed by atoms with van der Waals surface area (Å²) in [4.78, 5) is 18.9. The number of benzene rings is 1. The molecule has 164 valence electrons. The van der Waals surface area contributed by atoms with E-state index >= 15 is 0 Å². The lowest BCUT2D eigenvalue weighted by molar-refractivity contribution is -0.116. The van der Waals surface area contributed by atoms with Crippen LogP contribution < -0.4 is 16.0 Å². The molecule has 1 aliphatic rings. The van der Waals surface area contributed by atoms with E-state index in [-0.39, 0.29) is 41.9 Å². The zero-order chi connectivity index (χ0) is 20.4. The Hall–Kier alpha value is -1.39. The number of rotatable bonds is 10. The molecule has 7 nitrogen and oxygen atoms in total. The quantitative estimate of drug-likeness (QED) is 0.253. The normalized spacial score (nSPS) is 17.2. The summed E-state index contributed by atoms with van der Waals surface area (Å²) in [5.41, 5.74) is 2.08. The number of nitrogens with zero attached hydrogens (tertiary/aromatic N) is 2. The summed E-state index contributed by atoms with van der Waals surface area (Å²) < 4.78 is 5.83. The highest BCUT2D eigenvalue weighted by Crippen LogP contribution is 2.31. The molecule has 0 saturated heterocycles. The Morgan fingerprint density at radius 2 is 2.07 bits per heavy atom. The molecule has 8 heteroatoms. The summed E-state index contributed by atoms with van der Waals surface area (Å²) in [6.45, 7) is 7.77. The van der Waals surface area contributed by atoms with Crippen molar-refractivity contribution in [1.29, 1.82) is 0 Å². The summed E-state index contributed by atoms with van der Waals surface area (Å²) in [6.07, 6.45) is 1.53. The molecule has 0 aliphatic carbocycles. The van der Waals surface area contributed by atoms with E-state index in [4.69, 9.17) is 9.73 Å². The van der Waals surface area contributed by atoms with Gasteiger partial charge in [-0.3, -0.25) is 9.79 Å². The van der Waals surface area contributed by atoms with E-state index in [1.54, 1.807) is 0 Å². The van der Waals surface area contributed by atoms with E-state index < -0.39 is 0 Å². The van der Waals surface area contributed by atoms with Crippen molar-refractivity contribution in [3.05, 3.63) is 29.8 Å². The SMILES string of the molecule is CCNC(=NCC(CCN(C)C)OCC)NCC1CC(=O)Nc2ccccc21.I. The van der Waals surface area contributed by atoms with Crippen molar-refractivity contribution in [1.82, 2.24) is 15.5 Å². The number of guanidine groups is 1. The zero-order valence-corrected chi connectivity index (χ0v) is 20.4. The maximum Gasteiger partial charge on any atom is 0.225 e. The van der Waals surface area contributed by atoms with Gasteiger partial charge in [0.05, 0.1) is 12.6 Å². The van der Waals surface area contributed by atoms with Gasteiger partial charge in [0, 0.05) is 44.3 Å². The first-order valence-electron chi connectivity index (χ1n) is 10.2. The number of amides is 1. The monoisotopic (exact) mass is 517 g/mol. The van der Waals surface area contributed by atoms with E-state index in [1.807, 2.05) is 32.0 Å². The average Bonchev–Trinajstić information content (AvgIpc) is 2.67. The molecule has 2 rings (SSSR count). The van der Waals surface area contributed by atoms with Crippen molar-refractivity contribution in [3.63, 3.8) is 0 Å². The van der Waals surface area contributed by atoms with Crippen molar-refractivity contribution in [3.8, 4) is 0 Å². The number of anilines is 1. The zero-order valence-electron chi connectivity index (χ0n) is 18.0. The highest BCUT2D eigenvalue weighted by atomic mass is 127. The summed E-state index contributed by atoms with van der Waals surface area (Å²) in [6, 6.07) is 8.00. The van der Waals surface area contributed by atoms with Crippen LogP contribution in [0.25, 0.3) is 0 Å². The third-order valence-corrected chi connectivity index (χ3v) is 4.72. The molecule has 1 amide bonds. The molecule has 1 heterocycles. The molecular weight excluding hydrogens is 481 g/mol. The summed E-state index contributed by atoms with van der Waals surface area (Å²) in [5, 5.41) is 9.65. The first-order valence-corrected chi connectivity index (χ1v) is 10.2. The largest absolute Gasteiger partial charge is 0.377 e. The fourth-order valence-electron chi connectivity index (χ4n) is 3.30. The van der Waals surface area contributed by atoms with Crippen molar-refractivity contribution in [2.45, 2.75) is 38.7 Å². The van der Waals surface area contributed by atoms with E-state index in [0.29, 0.717) is 26.1 Å². The van der Waals surface area contributed by atoms with Crippen LogP contribution in [0.3, 0.4) is 0 Å². The van der Waals surface area contributed by atoms with Crippen LogP contribution in [0.15, 0.2) is 29.3 Å². The molecule has 0 fully saturated rings. The van der Waals surface area contributed by atoms with Crippen LogP contribution in [-0.2, 0) is 9.53 Å².